The zero-order chi connectivity index (χ0) is 20.4. The Morgan fingerprint density at radius 1 is 1.07 bits per heavy atom. The summed E-state index contributed by atoms with van der Waals surface area (Å²) in [5.74, 6) is 0.960. The van der Waals surface area contributed by atoms with Gasteiger partial charge >= 0.3 is 0 Å². The van der Waals surface area contributed by atoms with Crippen molar-refractivity contribution >= 4 is 17.2 Å². The summed E-state index contributed by atoms with van der Waals surface area (Å²) in [4.78, 5) is 21.9. The standard InChI is InChI=1S/C22H21N5OS/c1-13-9-10-17(14(2)11-13)22-24-18(12-29-22)21(28)25-19(16-7-5-4-6-8-16)20-23-15(3)26-27-20/h4-12,19H,1-3H3,(H,25,28)(H,23,26,27). The molecule has 4 aromatic rings. The molecule has 1 unspecified atom stereocenters. The molecule has 0 aliphatic rings. The van der Waals surface area contributed by atoms with Crippen LogP contribution in [0, 0.1) is 20.8 Å². The molecule has 4 rings (SSSR count). The van der Waals surface area contributed by atoms with Gasteiger partial charge in [0.05, 0.1) is 0 Å². The maximum Gasteiger partial charge on any atom is 0.271 e. The van der Waals surface area contributed by atoms with Gasteiger partial charge in [0.1, 0.15) is 22.6 Å². The van der Waals surface area contributed by atoms with Gasteiger partial charge in [0.25, 0.3) is 5.91 Å². The number of benzene rings is 2. The third-order valence-electron chi connectivity index (χ3n) is 4.63. The molecule has 0 saturated carbocycles. The van der Waals surface area contributed by atoms with Crippen LogP contribution in [0.2, 0.25) is 0 Å². The highest BCUT2D eigenvalue weighted by atomic mass is 32.1. The van der Waals surface area contributed by atoms with Gasteiger partial charge in [-0.05, 0) is 31.9 Å². The van der Waals surface area contributed by atoms with Crippen LogP contribution >= 0.6 is 11.3 Å². The molecule has 1 amide bonds. The number of carbonyl (C=O) groups excluding carboxylic acids is 1. The first kappa shape index (κ1) is 19.0. The molecule has 6 nitrogen and oxygen atoms in total. The van der Waals surface area contributed by atoms with Crippen molar-refractivity contribution in [2.75, 3.05) is 0 Å². The van der Waals surface area contributed by atoms with Gasteiger partial charge < -0.3 is 5.32 Å². The van der Waals surface area contributed by atoms with Crippen LogP contribution in [0.15, 0.2) is 53.9 Å². The quantitative estimate of drug-likeness (QED) is 0.518. The van der Waals surface area contributed by atoms with Crippen LogP contribution in [-0.4, -0.2) is 26.1 Å². The summed E-state index contributed by atoms with van der Waals surface area (Å²) in [7, 11) is 0. The highest BCUT2D eigenvalue weighted by molar-refractivity contribution is 7.13. The van der Waals surface area contributed by atoms with Crippen molar-refractivity contribution in [1.29, 1.82) is 0 Å². The van der Waals surface area contributed by atoms with E-state index in [2.05, 4.69) is 51.5 Å². The van der Waals surface area contributed by atoms with E-state index in [1.807, 2.05) is 43.3 Å². The van der Waals surface area contributed by atoms with Crippen LogP contribution in [0.3, 0.4) is 0 Å². The van der Waals surface area contributed by atoms with E-state index in [1.54, 1.807) is 5.38 Å². The SMILES string of the molecule is Cc1ccc(-c2nc(C(=O)NC(c3ccccc3)c3n[nH]c(C)n3)cs2)c(C)c1. The highest BCUT2D eigenvalue weighted by Gasteiger charge is 2.23. The molecule has 146 valence electrons. The molecular weight excluding hydrogens is 382 g/mol. The van der Waals surface area contributed by atoms with Gasteiger partial charge in [-0.3, -0.25) is 9.89 Å². The average Bonchev–Trinajstić information content (AvgIpc) is 3.36. The lowest BCUT2D eigenvalue weighted by Gasteiger charge is -2.15. The van der Waals surface area contributed by atoms with Gasteiger partial charge in [-0.15, -0.1) is 11.3 Å². The number of aromatic amines is 1. The topological polar surface area (TPSA) is 83.6 Å². The maximum absolute atomic E-state index is 13.0. The van der Waals surface area contributed by atoms with Gasteiger partial charge in [0.15, 0.2) is 5.82 Å². The number of aromatic nitrogens is 4. The lowest BCUT2D eigenvalue weighted by atomic mass is 10.1. The molecule has 0 aliphatic carbocycles. The molecule has 0 radical (unpaired) electrons. The predicted octanol–water partition coefficient (Wildman–Crippen LogP) is 4.37. The monoisotopic (exact) mass is 403 g/mol. The van der Waals surface area contributed by atoms with Crippen molar-refractivity contribution in [3.05, 3.63) is 87.9 Å². The second-order valence-electron chi connectivity index (χ2n) is 6.95. The minimum absolute atomic E-state index is 0.256. The molecule has 0 fully saturated rings. The Labute approximate surface area is 173 Å². The van der Waals surface area contributed by atoms with Crippen LogP contribution in [0.4, 0.5) is 0 Å². The van der Waals surface area contributed by atoms with Crippen molar-refractivity contribution in [3.63, 3.8) is 0 Å². The number of nitrogens with one attached hydrogen (secondary N) is 2. The summed E-state index contributed by atoms with van der Waals surface area (Å²) in [5.41, 5.74) is 4.68. The van der Waals surface area contributed by atoms with Crippen LogP contribution in [0.1, 0.15) is 44.9 Å². The fourth-order valence-corrected chi connectivity index (χ4v) is 4.08. The second kappa shape index (κ2) is 7.97. The number of carbonyl (C=O) groups is 1. The third kappa shape index (κ3) is 4.09. The first-order valence-corrected chi connectivity index (χ1v) is 10.2. The number of aryl methyl sites for hydroxylation is 3. The molecule has 7 heteroatoms. The van der Waals surface area contributed by atoms with E-state index >= 15 is 0 Å². The van der Waals surface area contributed by atoms with Crippen molar-refractivity contribution in [2.24, 2.45) is 0 Å². The molecule has 2 aromatic carbocycles. The Morgan fingerprint density at radius 2 is 1.86 bits per heavy atom. The minimum atomic E-state index is -0.458. The van der Waals surface area contributed by atoms with E-state index in [-0.39, 0.29) is 5.91 Å². The van der Waals surface area contributed by atoms with Gasteiger partial charge in [-0.25, -0.2) is 9.97 Å². The third-order valence-corrected chi connectivity index (χ3v) is 5.51. The summed E-state index contributed by atoms with van der Waals surface area (Å²) in [6.07, 6.45) is 0. The van der Waals surface area contributed by atoms with E-state index in [9.17, 15) is 4.79 Å². The van der Waals surface area contributed by atoms with Crippen molar-refractivity contribution in [3.8, 4) is 10.6 Å². The number of hydrogen-bond donors (Lipinski definition) is 2. The fraction of sp³-hybridized carbons (Fsp3) is 0.182. The number of H-pyrrole nitrogens is 1. The average molecular weight is 404 g/mol. The van der Waals surface area contributed by atoms with Crippen molar-refractivity contribution < 1.29 is 4.79 Å². The molecule has 1 atom stereocenters. The zero-order valence-corrected chi connectivity index (χ0v) is 17.2. The Kier molecular flexibility index (Phi) is 5.22. The van der Waals surface area contributed by atoms with Crippen molar-refractivity contribution in [2.45, 2.75) is 26.8 Å². The molecular formula is C22H21N5OS. The summed E-state index contributed by atoms with van der Waals surface area (Å²) in [6.45, 7) is 5.95. The normalized spacial score (nSPS) is 12.0. The van der Waals surface area contributed by atoms with E-state index in [1.165, 1.54) is 16.9 Å². The molecule has 0 aliphatic heterocycles. The zero-order valence-electron chi connectivity index (χ0n) is 16.4. The van der Waals surface area contributed by atoms with E-state index < -0.39 is 6.04 Å². The lowest BCUT2D eigenvalue weighted by molar-refractivity contribution is 0.0937. The van der Waals surface area contributed by atoms with Gasteiger partial charge in [-0.2, -0.15) is 5.10 Å². The number of nitrogens with zero attached hydrogens (tertiary/aromatic N) is 3. The molecule has 0 saturated heterocycles. The molecule has 0 spiro atoms. The van der Waals surface area contributed by atoms with Crippen LogP contribution in [0.25, 0.3) is 10.6 Å². The Balaban J connectivity index is 1.61. The molecule has 29 heavy (non-hydrogen) atoms. The Hall–Kier alpha value is -3.32. The van der Waals surface area contributed by atoms with E-state index in [0.29, 0.717) is 17.3 Å². The van der Waals surface area contributed by atoms with E-state index in [0.717, 1.165) is 21.7 Å². The number of thiazole rings is 1. The lowest BCUT2D eigenvalue weighted by Crippen LogP contribution is -2.30. The molecule has 0 bridgehead atoms. The first-order valence-electron chi connectivity index (χ1n) is 9.29. The van der Waals surface area contributed by atoms with Crippen LogP contribution < -0.4 is 5.32 Å². The van der Waals surface area contributed by atoms with Gasteiger partial charge in [0, 0.05) is 10.9 Å². The second-order valence-corrected chi connectivity index (χ2v) is 7.81. The fourth-order valence-electron chi connectivity index (χ4n) is 3.19. The Morgan fingerprint density at radius 3 is 2.55 bits per heavy atom. The number of rotatable bonds is 5. The maximum atomic E-state index is 13.0. The predicted molar refractivity (Wildman–Crippen MR) is 114 cm³/mol. The van der Waals surface area contributed by atoms with Gasteiger partial charge in [0.2, 0.25) is 0 Å². The highest BCUT2D eigenvalue weighted by Crippen LogP contribution is 2.28. The molecule has 2 N–H and O–H groups in total. The Bertz CT molecular complexity index is 1150. The first-order chi connectivity index (χ1) is 14.0. The van der Waals surface area contributed by atoms with Gasteiger partial charge in [-0.1, -0.05) is 54.1 Å². The number of hydrogen-bond acceptors (Lipinski definition) is 5. The smallest absolute Gasteiger partial charge is 0.271 e. The van der Waals surface area contributed by atoms with Crippen molar-refractivity contribution in [1.82, 2.24) is 25.5 Å². The summed E-state index contributed by atoms with van der Waals surface area (Å²) in [5, 5.41) is 12.7. The molecule has 2 heterocycles. The van der Waals surface area contributed by atoms with Crippen LogP contribution in [-0.2, 0) is 0 Å². The van der Waals surface area contributed by atoms with Crippen LogP contribution in [0.5, 0.6) is 0 Å². The largest absolute Gasteiger partial charge is 0.336 e. The summed E-state index contributed by atoms with van der Waals surface area (Å²) < 4.78 is 0. The minimum Gasteiger partial charge on any atom is -0.336 e. The molecule has 2 aromatic heterocycles. The summed E-state index contributed by atoms with van der Waals surface area (Å²) >= 11 is 1.46. The number of amides is 1. The van der Waals surface area contributed by atoms with E-state index in [4.69, 9.17) is 0 Å². The summed E-state index contributed by atoms with van der Waals surface area (Å²) in [6, 6.07) is 15.4.